The van der Waals surface area contributed by atoms with Gasteiger partial charge in [0.05, 0.1) is 11.9 Å². The maximum atomic E-state index is 13.7. The van der Waals surface area contributed by atoms with E-state index in [1.54, 1.807) is 31.6 Å². The van der Waals surface area contributed by atoms with Crippen LogP contribution in [0.15, 0.2) is 36.8 Å². The molecule has 4 aromatic rings. The highest BCUT2D eigenvalue weighted by atomic mass is 19.3. The summed E-state index contributed by atoms with van der Waals surface area (Å²) in [6, 6.07) is 4.38. The van der Waals surface area contributed by atoms with Crippen LogP contribution in [0.2, 0.25) is 0 Å². The zero-order valence-electron chi connectivity index (χ0n) is 14.7. The molecule has 10 heteroatoms. The molecule has 0 aromatic carbocycles. The number of alkyl halides is 2. The second kappa shape index (κ2) is 5.47. The van der Waals surface area contributed by atoms with E-state index in [2.05, 4.69) is 20.4 Å². The average Bonchev–Trinajstić information content (AvgIpc) is 3.02. The average molecular weight is 383 g/mol. The molecule has 1 amide bonds. The van der Waals surface area contributed by atoms with Gasteiger partial charge in [0.2, 0.25) is 0 Å². The van der Waals surface area contributed by atoms with Crippen LogP contribution in [0.25, 0.3) is 27.9 Å². The Kier molecular flexibility index (Phi) is 3.25. The van der Waals surface area contributed by atoms with Gasteiger partial charge >= 0.3 is 0 Å². The summed E-state index contributed by atoms with van der Waals surface area (Å²) in [6.07, 6.45) is 4.35. The Morgan fingerprint density at radius 1 is 1.39 bits per heavy atom. The van der Waals surface area contributed by atoms with Gasteiger partial charge in [0.15, 0.2) is 5.65 Å². The Morgan fingerprint density at radius 3 is 2.86 bits per heavy atom. The Balaban J connectivity index is 1.78. The molecular weight excluding hydrogens is 368 g/mol. The van der Waals surface area contributed by atoms with E-state index in [0.29, 0.717) is 28.1 Å². The SMILES string of the molecule is CNc1cc(-c2cn([C@@H]3CC3(F)F)c3ncccc23)nc2c(C(N)=O)cnn12. The molecule has 4 aromatic heterocycles. The number of pyridine rings is 1. The zero-order valence-corrected chi connectivity index (χ0v) is 14.7. The number of rotatable bonds is 4. The van der Waals surface area contributed by atoms with Crippen molar-refractivity contribution in [3.05, 3.63) is 42.4 Å². The van der Waals surface area contributed by atoms with Gasteiger partial charge in [-0.2, -0.15) is 9.61 Å². The quantitative estimate of drug-likeness (QED) is 0.564. The number of primary amides is 1. The number of anilines is 1. The van der Waals surface area contributed by atoms with Crippen LogP contribution in [-0.2, 0) is 0 Å². The molecule has 0 radical (unpaired) electrons. The molecule has 0 aliphatic heterocycles. The lowest BCUT2D eigenvalue weighted by atomic mass is 10.1. The van der Waals surface area contributed by atoms with Crippen LogP contribution in [-0.4, -0.2) is 43.0 Å². The molecule has 5 rings (SSSR count). The number of nitrogens with one attached hydrogen (secondary N) is 1. The molecule has 142 valence electrons. The van der Waals surface area contributed by atoms with Crippen LogP contribution in [0.4, 0.5) is 14.6 Å². The van der Waals surface area contributed by atoms with Crippen molar-refractivity contribution in [3.63, 3.8) is 0 Å². The normalized spacial score (nSPS) is 17.9. The smallest absolute Gasteiger partial charge is 0.270 e. The van der Waals surface area contributed by atoms with Crippen molar-refractivity contribution in [1.82, 2.24) is 24.1 Å². The number of aromatic nitrogens is 5. The molecule has 3 N–H and O–H groups in total. The molecule has 1 aliphatic rings. The summed E-state index contributed by atoms with van der Waals surface area (Å²) >= 11 is 0. The summed E-state index contributed by atoms with van der Waals surface area (Å²) in [6.45, 7) is 0. The lowest BCUT2D eigenvalue weighted by Gasteiger charge is -2.07. The van der Waals surface area contributed by atoms with Crippen LogP contribution in [0.3, 0.4) is 0 Å². The Morgan fingerprint density at radius 2 is 2.18 bits per heavy atom. The summed E-state index contributed by atoms with van der Waals surface area (Å²) in [5, 5.41) is 7.84. The number of hydrogen-bond acceptors (Lipinski definition) is 5. The number of fused-ring (bicyclic) bond motifs is 2. The summed E-state index contributed by atoms with van der Waals surface area (Å²) in [4.78, 5) is 20.6. The van der Waals surface area contributed by atoms with Crippen molar-refractivity contribution >= 4 is 28.4 Å². The molecule has 28 heavy (non-hydrogen) atoms. The molecule has 8 nitrogen and oxygen atoms in total. The van der Waals surface area contributed by atoms with Crippen molar-refractivity contribution in [1.29, 1.82) is 0 Å². The number of carbonyl (C=O) groups excluding carboxylic acids is 1. The van der Waals surface area contributed by atoms with Gasteiger partial charge in [-0.3, -0.25) is 4.79 Å². The van der Waals surface area contributed by atoms with E-state index in [-0.39, 0.29) is 17.6 Å². The first-order valence-corrected chi connectivity index (χ1v) is 8.61. The minimum Gasteiger partial charge on any atom is -0.373 e. The minimum atomic E-state index is -2.74. The zero-order chi connectivity index (χ0) is 19.6. The highest BCUT2D eigenvalue weighted by Gasteiger charge is 2.58. The Hall–Kier alpha value is -3.56. The van der Waals surface area contributed by atoms with Crippen molar-refractivity contribution in [2.24, 2.45) is 5.73 Å². The van der Waals surface area contributed by atoms with E-state index in [1.165, 1.54) is 15.3 Å². The van der Waals surface area contributed by atoms with Crippen LogP contribution >= 0.6 is 0 Å². The van der Waals surface area contributed by atoms with Gasteiger partial charge in [-0.25, -0.2) is 18.7 Å². The van der Waals surface area contributed by atoms with E-state index < -0.39 is 17.9 Å². The molecule has 1 saturated carbocycles. The van der Waals surface area contributed by atoms with Crippen molar-refractivity contribution in [2.45, 2.75) is 18.4 Å². The molecule has 0 unspecified atom stereocenters. The second-order valence-corrected chi connectivity index (χ2v) is 6.74. The third-order valence-electron chi connectivity index (χ3n) is 4.99. The van der Waals surface area contributed by atoms with Gasteiger partial charge in [0.1, 0.15) is 23.1 Å². The van der Waals surface area contributed by atoms with Gasteiger partial charge in [-0.05, 0) is 12.1 Å². The molecule has 1 atom stereocenters. The van der Waals surface area contributed by atoms with Gasteiger partial charge in [0, 0.05) is 42.9 Å². The monoisotopic (exact) mass is 383 g/mol. The molecule has 1 fully saturated rings. The van der Waals surface area contributed by atoms with Crippen molar-refractivity contribution in [3.8, 4) is 11.3 Å². The highest BCUT2D eigenvalue weighted by molar-refractivity contribution is 6.00. The fourth-order valence-corrected chi connectivity index (χ4v) is 3.48. The molecular formula is C18H15F2N7O. The van der Waals surface area contributed by atoms with E-state index in [1.807, 2.05) is 6.07 Å². The van der Waals surface area contributed by atoms with Crippen molar-refractivity contribution in [2.75, 3.05) is 12.4 Å². The number of halogens is 2. The highest BCUT2D eigenvalue weighted by Crippen LogP contribution is 2.54. The largest absolute Gasteiger partial charge is 0.373 e. The van der Waals surface area contributed by atoms with Crippen LogP contribution < -0.4 is 11.1 Å². The topological polar surface area (TPSA) is 103 Å². The van der Waals surface area contributed by atoms with E-state index in [9.17, 15) is 13.6 Å². The third kappa shape index (κ3) is 2.27. The predicted molar refractivity (Wildman–Crippen MR) is 98.4 cm³/mol. The second-order valence-electron chi connectivity index (χ2n) is 6.74. The van der Waals surface area contributed by atoms with Gasteiger partial charge in [0.25, 0.3) is 11.8 Å². The first-order valence-electron chi connectivity index (χ1n) is 8.61. The van der Waals surface area contributed by atoms with Gasteiger partial charge in [-0.15, -0.1) is 0 Å². The molecule has 0 spiro atoms. The molecule has 1 aliphatic carbocycles. The van der Waals surface area contributed by atoms with Gasteiger partial charge in [-0.1, -0.05) is 0 Å². The maximum absolute atomic E-state index is 13.7. The fraction of sp³-hybridized carbons (Fsp3) is 0.222. The maximum Gasteiger partial charge on any atom is 0.270 e. The number of nitrogens with two attached hydrogens (primary N) is 1. The number of hydrogen-bond donors (Lipinski definition) is 2. The first kappa shape index (κ1) is 16.6. The molecule has 0 bridgehead atoms. The predicted octanol–water partition coefficient (Wildman–Crippen LogP) is 2.47. The van der Waals surface area contributed by atoms with Gasteiger partial charge < -0.3 is 15.6 Å². The van der Waals surface area contributed by atoms with E-state index in [4.69, 9.17) is 5.73 Å². The molecule has 0 saturated heterocycles. The standard InChI is InChI=1S/C18H15F2N7O/c1-22-14-5-12(25-17-10(15(21)28)7-24-27(14)17)11-8-26(13-6-18(13,19)20)16-9(11)3-2-4-23-16/h2-5,7-8,13,22H,6H2,1H3,(H2,21,28)/t13-/m1/s1. The van der Waals surface area contributed by atoms with E-state index >= 15 is 0 Å². The molecule has 4 heterocycles. The summed E-state index contributed by atoms with van der Waals surface area (Å²) in [5.74, 6) is -2.81. The summed E-state index contributed by atoms with van der Waals surface area (Å²) in [5.41, 5.74) is 7.50. The number of amides is 1. The fourth-order valence-electron chi connectivity index (χ4n) is 3.48. The first-order chi connectivity index (χ1) is 13.4. The minimum absolute atomic E-state index is 0.175. The van der Waals surface area contributed by atoms with Crippen LogP contribution in [0.1, 0.15) is 22.8 Å². The van der Waals surface area contributed by atoms with Crippen LogP contribution in [0, 0.1) is 0 Å². The van der Waals surface area contributed by atoms with Crippen molar-refractivity contribution < 1.29 is 13.6 Å². The lowest BCUT2D eigenvalue weighted by Crippen LogP contribution is -2.11. The summed E-state index contributed by atoms with van der Waals surface area (Å²) in [7, 11) is 1.71. The number of nitrogens with zero attached hydrogens (tertiary/aromatic N) is 5. The lowest BCUT2D eigenvalue weighted by molar-refractivity contribution is 0.0998. The summed E-state index contributed by atoms with van der Waals surface area (Å²) < 4.78 is 30.4. The Labute approximate surface area is 157 Å². The number of carbonyl (C=O) groups is 1. The van der Waals surface area contributed by atoms with Crippen LogP contribution in [0.5, 0.6) is 0 Å². The third-order valence-corrected chi connectivity index (χ3v) is 4.99. The Bertz CT molecular complexity index is 1260. The van der Waals surface area contributed by atoms with E-state index in [0.717, 1.165) is 0 Å².